The Balaban J connectivity index is 1.39. The second kappa shape index (κ2) is 11.0. The summed E-state index contributed by atoms with van der Waals surface area (Å²) in [7, 11) is 1.88. The number of benzene rings is 3. The number of anilines is 1. The van der Waals surface area contributed by atoms with Gasteiger partial charge in [-0.05, 0) is 65.2 Å². The Morgan fingerprint density at radius 1 is 0.886 bits per heavy atom. The van der Waals surface area contributed by atoms with Crippen molar-refractivity contribution in [2.24, 2.45) is 7.05 Å². The van der Waals surface area contributed by atoms with Gasteiger partial charge in [-0.1, -0.05) is 30.3 Å². The number of aryl methyl sites for hydroxylation is 1. The molecule has 3 aromatic carbocycles. The Bertz CT molecular complexity index is 2000. The lowest BCUT2D eigenvalue weighted by molar-refractivity contribution is -0.116. The number of Topliss-reactive ketones (excluding diaryl/α,β-unsaturated/α-hetero) is 1. The van der Waals surface area contributed by atoms with Gasteiger partial charge in [0.1, 0.15) is 0 Å². The maximum absolute atomic E-state index is 13.5. The second-order valence-electron chi connectivity index (χ2n) is 10.9. The number of amides is 2. The number of ketones is 1. The molecule has 1 saturated heterocycles. The number of hydrogen-bond acceptors (Lipinski definition) is 6. The number of aromatic nitrogens is 3. The zero-order valence-corrected chi connectivity index (χ0v) is 24.4. The normalized spacial score (nSPS) is 15.7. The number of nitrogens with zero attached hydrogens (tertiary/aromatic N) is 5. The summed E-state index contributed by atoms with van der Waals surface area (Å²) in [5, 5.41) is 5.13. The van der Waals surface area contributed by atoms with Crippen LogP contribution in [0.25, 0.3) is 39.2 Å². The lowest BCUT2D eigenvalue weighted by Crippen LogP contribution is -2.40. The lowest BCUT2D eigenvalue weighted by atomic mass is 9.95. The Kier molecular flexibility index (Phi) is 6.87. The lowest BCUT2D eigenvalue weighted by Gasteiger charge is -2.27. The molecule has 0 aliphatic carbocycles. The third kappa shape index (κ3) is 4.87. The number of para-hydroxylation sites is 1. The molecule has 0 unspecified atom stereocenters. The highest BCUT2D eigenvalue weighted by Gasteiger charge is 2.34. The van der Waals surface area contributed by atoms with Crippen LogP contribution in [-0.4, -0.2) is 63.6 Å². The number of pyridine rings is 1. The summed E-state index contributed by atoms with van der Waals surface area (Å²) in [6.45, 7) is 3.57. The molecule has 218 valence electrons. The van der Waals surface area contributed by atoms with Crippen molar-refractivity contribution in [3.8, 4) is 22.3 Å². The number of allylic oxidation sites excluding steroid dienone is 1. The Morgan fingerprint density at radius 3 is 2.45 bits per heavy atom. The van der Waals surface area contributed by atoms with Crippen molar-refractivity contribution in [2.45, 2.75) is 6.92 Å². The molecule has 0 saturated carbocycles. The van der Waals surface area contributed by atoms with Gasteiger partial charge in [0.15, 0.2) is 0 Å². The molecule has 7 rings (SSSR count). The van der Waals surface area contributed by atoms with Crippen LogP contribution in [0.4, 0.5) is 5.69 Å². The molecule has 2 aromatic heterocycles. The van der Waals surface area contributed by atoms with Gasteiger partial charge in [-0.25, -0.2) is 4.98 Å². The molecule has 9 nitrogen and oxygen atoms in total. The topological polar surface area (TPSA) is 97.6 Å². The number of hydrogen-bond donors (Lipinski definition) is 0. The number of morpholine rings is 1. The van der Waals surface area contributed by atoms with Crippen molar-refractivity contribution in [2.75, 3.05) is 31.2 Å². The third-order valence-corrected chi connectivity index (χ3v) is 8.05. The third-order valence-electron chi connectivity index (χ3n) is 8.05. The van der Waals surface area contributed by atoms with Crippen molar-refractivity contribution >= 4 is 40.3 Å². The maximum atomic E-state index is 13.5. The van der Waals surface area contributed by atoms with Crippen molar-refractivity contribution in [3.63, 3.8) is 0 Å². The van der Waals surface area contributed by atoms with E-state index in [0.717, 1.165) is 27.6 Å². The molecule has 0 spiro atoms. The predicted octanol–water partition coefficient (Wildman–Crippen LogP) is 5.37. The van der Waals surface area contributed by atoms with Gasteiger partial charge in [0.25, 0.3) is 5.91 Å². The number of ether oxygens (including phenoxy) is 1. The van der Waals surface area contributed by atoms with Crippen molar-refractivity contribution in [1.82, 2.24) is 19.7 Å². The summed E-state index contributed by atoms with van der Waals surface area (Å²) >= 11 is 0. The van der Waals surface area contributed by atoms with E-state index < -0.39 is 0 Å². The Morgan fingerprint density at radius 2 is 1.68 bits per heavy atom. The largest absolute Gasteiger partial charge is 0.378 e. The molecule has 0 N–H and O–H groups in total. The molecule has 9 heteroatoms. The first-order valence-corrected chi connectivity index (χ1v) is 14.4. The first kappa shape index (κ1) is 27.4. The fraction of sp³-hybridized carbons (Fsp3) is 0.171. The highest BCUT2D eigenvalue weighted by molar-refractivity contribution is 6.26. The van der Waals surface area contributed by atoms with Crippen LogP contribution in [0.3, 0.4) is 0 Å². The Labute approximate surface area is 254 Å². The summed E-state index contributed by atoms with van der Waals surface area (Å²) in [5.41, 5.74) is 6.78. The first-order valence-electron chi connectivity index (χ1n) is 14.4. The monoisotopic (exact) mass is 583 g/mol. The zero-order chi connectivity index (χ0) is 30.4. The van der Waals surface area contributed by atoms with Crippen LogP contribution in [0.2, 0.25) is 0 Å². The van der Waals surface area contributed by atoms with E-state index in [-0.39, 0.29) is 23.3 Å². The fourth-order valence-electron chi connectivity index (χ4n) is 5.92. The Hall–Kier alpha value is -5.41. The molecule has 44 heavy (non-hydrogen) atoms. The van der Waals surface area contributed by atoms with E-state index >= 15 is 0 Å². The SMILES string of the molecule is CC(=O)N1/C(=C/c2cc(-c3cccc(-c4cnn(C)c4)c3)c3cc(C(=O)N4CCOCC4)ccc3n2)C(=O)c2ccccc21. The minimum atomic E-state index is -0.258. The molecule has 2 aliphatic heterocycles. The zero-order valence-electron chi connectivity index (χ0n) is 24.4. The van der Waals surface area contributed by atoms with E-state index in [4.69, 9.17) is 9.72 Å². The molecule has 0 radical (unpaired) electrons. The summed E-state index contributed by atoms with van der Waals surface area (Å²) in [6.07, 6.45) is 5.45. The van der Waals surface area contributed by atoms with E-state index in [0.29, 0.717) is 54.3 Å². The summed E-state index contributed by atoms with van der Waals surface area (Å²) in [6, 6.07) is 22.6. The van der Waals surface area contributed by atoms with Gasteiger partial charge < -0.3 is 9.64 Å². The van der Waals surface area contributed by atoms with Gasteiger partial charge >= 0.3 is 0 Å². The highest BCUT2D eigenvalue weighted by atomic mass is 16.5. The molecule has 2 aliphatic rings. The summed E-state index contributed by atoms with van der Waals surface area (Å²) in [5.74, 6) is -0.543. The minimum Gasteiger partial charge on any atom is -0.378 e. The molecule has 1 fully saturated rings. The number of rotatable bonds is 4. The van der Waals surface area contributed by atoms with Gasteiger partial charge in [0.05, 0.1) is 42.0 Å². The molecular weight excluding hydrogens is 554 g/mol. The van der Waals surface area contributed by atoms with Crippen LogP contribution in [0.15, 0.2) is 90.9 Å². The number of fused-ring (bicyclic) bond motifs is 2. The molecule has 5 aromatic rings. The van der Waals surface area contributed by atoms with E-state index in [1.165, 1.54) is 11.8 Å². The van der Waals surface area contributed by atoms with E-state index in [1.54, 1.807) is 39.9 Å². The van der Waals surface area contributed by atoms with Crippen LogP contribution in [0, 0.1) is 0 Å². The second-order valence-corrected chi connectivity index (χ2v) is 10.9. The average molecular weight is 584 g/mol. The van der Waals surface area contributed by atoms with Crippen molar-refractivity contribution in [3.05, 3.63) is 108 Å². The van der Waals surface area contributed by atoms with Crippen LogP contribution < -0.4 is 4.90 Å². The van der Waals surface area contributed by atoms with Gasteiger partial charge in [0, 0.05) is 55.3 Å². The van der Waals surface area contributed by atoms with Gasteiger partial charge in [0.2, 0.25) is 11.7 Å². The average Bonchev–Trinajstić information content (AvgIpc) is 3.61. The minimum absolute atomic E-state index is 0.0529. The van der Waals surface area contributed by atoms with Crippen LogP contribution in [0.5, 0.6) is 0 Å². The molecule has 2 amide bonds. The van der Waals surface area contributed by atoms with Gasteiger partial charge in [-0.15, -0.1) is 0 Å². The first-order chi connectivity index (χ1) is 21.4. The number of carbonyl (C=O) groups is 3. The highest BCUT2D eigenvalue weighted by Crippen LogP contribution is 2.37. The van der Waals surface area contributed by atoms with Crippen molar-refractivity contribution in [1.29, 1.82) is 0 Å². The van der Waals surface area contributed by atoms with Crippen LogP contribution in [0.1, 0.15) is 33.3 Å². The van der Waals surface area contributed by atoms with Gasteiger partial charge in [-0.2, -0.15) is 5.10 Å². The van der Waals surface area contributed by atoms with Gasteiger partial charge in [-0.3, -0.25) is 24.0 Å². The molecule has 4 heterocycles. The maximum Gasteiger partial charge on any atom is 0.254 e. The van der Waals surface area contributed by atoms with E-state index in [9.17, 15) is 14.4 Å². The summed E-state index contributed by atoms with van der Waals surface area (Å²) in [4.78, 5) is 47.7. The molecule has 0 bridgehead atoms. The number of carbonyl (C=O) groups excluding carboxylic acids is 3. The fourth-order valence-corrected chi connectivity index (χ4v) is 5.92. The summed E-state index contributed by atoms with van der Waals surface area (Å²) < 4.78 is 7.20. The molecule has 0 atom stereocenters. The predicted molar refractivity (Wildman–Crippen MR) is 168 cm³/mol. The van der Waals surface area contributed by atoms with Crippen molar-refractivity contribution < 1.29 is 19.1 Å². The quantitative estimate of drug-likeness (QED) is 0.264. The molecular formula is C35H29N5O4. The van der Waals surface area contributed by atoms with E-state index in [2.05, 4.69) is 11.2 Å². The van der Waals surface area contributed by atoms with E-state index in [1.807, 2.05) is 61.9 Å². The smallest absolute Gasteiger partial charge is 0.254 e. The van der Waals surface area contributed by atoms with Crippen LogP contribution >= 0.6 is 0 Å². The van der Waals surface area contributed by atoms with Crippen LogP contribution in [-0.2, 0) is 16.6 Å². The standard InChI is InChI=1S/C35H29N5O4/c1-22(41)40-32-9-4-3-8-28(32)34(42)33(40)19-27-18-29(24-7-5-6-23(16-24)26-20-36-38(2)21-26)30-17-25(10-11-31(30)37-27)35(43)39-12-14-44-15-13-39/h3-11,16-21H,12-15H2,1-2H3/b33-19+.